The van der Waals surface area contributed by atoms with Gasteiger partial charge in [0, 0.05) is 25.2 Å². The van der Waals surface area contributed by atoms with E-state index >= 15 is 0 Å². The highest BCUT2D eigenvalue weighted by atomic mass is 32.2. The molecule has 1 aliphatic rings. The zero-order valence-electron chi connectivity index (χ0n) is 13.4. The van der Waals surface area contributed by atoms with Gasteiger partial charge in [-0.1, -0.05) is 0 Å². The Hall–Kier alpha value is -2.36. The summed E-state index contributed by atoms with van der Waals surface area (Å²) in [7, 11) is -0.100. The monoisotopic (exact) mass is 357 g/mol. The third-order valence-electron chi connectivity index (χ3n) is 3.97. The van der Waals surface area contributed by atoms with E-state index in [9.17, 15) is 23.3 Å². The minimum atomic E-state index is -3.08. The van der Waals surface area contributed by atoms with E-state index in [1.165, 1.54) is 30.2 Å². The highest BCUT2D eigenvalue weighted by Gasteiger charge is 2.32. The quantitative estimate of drug-likeness (QED) is 0.587. The molecule has 0 bridgehead atoms. The van der Waals surface area contributed by atoms with E-state index in [0.717, 1.165) is 0 Å². The molecule has 2 rings (SSSR count). The molecule has 1 aromatic carbocycles. The summed E-state index contributed by atoms with van der Waals surface area (Å²) >= 11 is 0. The molecule has 1 N–H and O–H groups in total. The lowest BCUT2D eigenvalue weighted by Gasteiger charge is -2.24. The van der Waals surface area contributed by atoms with E-state index < -0.39 is 14.8 Å². The van der Waals surface area contributed by atoms with Crippen LogP contribution in [-0.4, -0.2) is 62.4 Å². The number of nitrogens with one attached hydrogen (secondary N) is 1. The van der Waals surface area contributed by atoms with Crippen LogP contribution in [0.3, 0.4) is 0 Å². The molecule has 1 atom stereocenters. The number of ether oxygens (including phenoxy) is 1. The smallest absolute Gasteiger partial charge is 0.271 e. The van der Waals surface area contributed by atoms with Crippen molar-refractivity contribution in [2.45, 2.75) is 12.5 Å². The zero-order valence-corrected chi connectivity index (χ0v) is 14.2. The lowest BCUT2D eigenvalue weighted by atomic mass is 10.2. The van der Waals surface area contributed by atoms with E-state index in [1.54, 1.807) is 7.05 Å². The van der Waals surface area contributed by atoms with Crippen molar-refractivity contribution < 1.29 is 22.9 Å². The summed E-state index contributed by atoms with van der Waals surface area (Å²) < 4.78 is 28.1. The van der Waals surface area contributed by atoms with Crippen molar-refractivity contribution in [3.8, 4) is 5.75 Å². The SMILES string of the molecule is COc1ccc([N+](=O)[O-])cc1NCC(=O)N(C)C1CCS(=O)(=O)C1. The summed E-state index contributed by atoms with van der Waals surface area (Å²) in [5.74, 6) is 0.127. The van der Waals surface area contributed by atoms with E-state index in [0.29, 0.717) is 17.9 Å². The largest absolute Gasteiger partial charge is 0.495 e. The summed E-state index contributed by atoms with van der Waals surface area (Å²) in [5.41, 5.74) is 0.202. The van der Waals surface area contributed by atoms with Crippen LogP contribution in [0.25, 0.3) is 0 Å². The number of nitrogens with zero attached hydrogens (tertiary/aromatic N) is 2. The highest BCUT2D eigenvalue weighted by Crippen LogP contribution is 2.28. The number of nitro groups is 1. The molecule has 0 saturated carbocycles. The molecule has 0 aliphatic carbocycles. The maximum Gasteiger partial charge on any atom is 0.271 e. The molecule has 24 heavy (non-hydrogen) atoms. The Kier molecular flexibility index (Phi) is 5.27. The van der Waals surface area contributed by atoms with E-state index in [4.69, 9.17) is 4.74 Å². The van der Waals surface area contributed by atoms with Crippen LogP contribution >= 0.6 is 0 Å². The number of carbonyl (C=O) groups is 1. The highest BCUT2D eigenvalue weighted by molar-refractivity contribution is 7.91. The summed E-state index contributed by atoms with van der Waals surface area (Å²) in [6, 6.07) is 3.70. The number of nitro benzene ring substituents is 1. The number of anilines is 1. The Morgan fingerprint density at radius 2 is 2.21 bits per heavy atom. The Bertz CT molecular complexity index is 749. The van der Waals surface area contributed by atoms with Crippen LogP contribution in [0.1, 0.15) is 6.42 Å². The van der Waals surface area contributed by atoms with Crippen molar-refractivity contribution >= 4 is 27.1 Å². The molecule has 0 spiro atoms. The first-order valence-corrected chi connectivity index (χ1v) is 9.08. The van der Waals surface area contributed by atoms with Gasteiger partial charge >= 0.3 is 0 Å². The van der Waals surface area contributed by atoms with Gasteiger partial charge in [0.15, 0.2) is 9.84 Å². The minimum absolute atomic E-state index is 0.0324. The van der Waals surface area contributed by atoms with E-state index in [2.05, 4.69) is 5.32 Å². The number of carbonyl (C=O) groups excluding carboxylic acids is 1. The number of methoxy groups -OCH3 is 1. The molecule has 1 saturated heterocycles. The van der Waals surface area contributed by atoms with E-state index in [-0.39, 0.29) is 35.7 Å². The number of hydrogen-bond donors (Lipinski definition) is 1. The lowest BCUT2D eigenvalue weighted by Crippen LogP contribution is -2.40. The van der Waals surface area contributed by atoms with Crippen molar-refractivity contribution in [2.75, 3.05) is 37.5 Å². The summed E-state index contributed by atoms with van der Waals surface area (Å²) in [4.78, 5) is 23.9. The third kappa shape index (κ3) is 4.13. The molecular weight excluding hydrogens is 338 g/mol. The summed E-state index contributed by atoms with van der Waals surface area (Å²) in [6.45, 7) is -0.120. The fourth-order valence-electron chi connectivity index (χ4n) is 2.53. The van der Waals surface area contributed by atoms with Crippen molar-refractivity contribution in [2.24, 2.45) is 0 Å². The number of amides is 1. The van der Waals surface area contributed by atoms with Crippen LogP contribution < -0.4 is 10.1 Å². The molecule has 0 radical (unpaired) electrons. The molecule has 0 aromatic heterocycles. The molecule has 1 amide bonds. The van der Waals surface area contributed by atoms with Crippen LogP contribution in [0.5, 0.6) is 5.75 Å². The number of hydrogen-bond acceptors (Lipinski definition) is 7. The maximum absolute atomic E-state index is 12.2. The predicted molar refractivity (Wildman–Crippen MR) is 88.0 cm³/mol. The van der Waals surface area contributed by atoms with Crippen LogP contribution in [-0.2, 0) is 14.6 Å². The second kappa shape index (κ2) is 7.04. The predicted octanol–water partition coefficient (Wildman–Crippen LogP) is 0.661. The molecule has 9 nitrogen and oxygen atoms in total. The number of non-ortho nitro benzene ring substituents is 1. The van der Waals surface area contributed by atoms with Gasteiger partial charge in [-0.25, -0.2) is 8.42 Å². The van der Waals surface area contributed by atoms with E-state index in [1.807, 2.05) is 0 Å². The van der Waals surface area contributed by atoms with Gasteiger partial charge in [-0.05, 0) is 12.5 Å². The van der Waals surface area contributed by atoms with Gasteiger partial charge in [0.25, 0.3) is 5.69 Å². The Morgan fingerprint density at radius 1 is 1.50 bits per heavy atom. The molecule has 1 heterocycles. The Labute approximate surface area is 139 Å². The molecular formula is C14H19N3O6S. The lowest BCUT2D eigenvalue weighted by molar-refractivity contribution is -0.384. The van der Waals surface area contributed by atoms with Crippen molar-refractivity contribution in [1.82, 2.24) is 4.90 Å². The van der Waals surface area contributed by atoms with Gasteiger partial charge in [-0.15, -0.1) is 0 Å². The standard InChI is InChI=1S/C14H19N3O6S/c1-16(11-5-6-24(21,22)9-11)14(18)8-15-12-7-10(17(19)20)3-4-13(12)23-2/h3-4,7,11,15H,5-6,8-9H2,1-2H3. The molecule has 10 heteroatoms. The first kappa shape index (κ1) is 18.0. The number of rotatable bonds is 6. The minimum Gasteiger partial charge on any atom is -0.495 e. The van der Waals surface area contributed by atoms with Gasteiger partial charge in [0.1, 0.15) is 5.75 Å². The van der Waals surface area contributed by atoms with Crippen molar-refractivity contribution in [3.05, 3.63) is 28.3 Å². The fourth-order valence-corrected chi connectivity index (χ4v) is 4.30. The van der Waals surface area contributed by atoms with Crippen LogP contribution in [0.4, 0.5) is 11.4 Å². The number of likely N-dealkylation sites (N-methyl/N-ethyl adjacent to an activating group) is 1. The molecule has 1 aromatic rings. The average molecular weight is 357 g/mol. The van der Waals surface area contributed by atoms with Crippen LogP contribution in [0.2, 0.25) is 0 Å². The third-order valence-corrected chi connectivity index (χ3v) is 5.72. The molecule has 1 unspecified atom stereocenters. The number of sulfone groups is 1. The van der Waals surface area contributed by atoms with Gasteiger partial charge in [-0.2, -0.15) is 0 Å². The first-order chi connectivity index (χ1) is 11.2. The first-order valence-electron chi connectivity index (χ1n) is 7.26. The maximum atomic E-state index is 12.2. The zero-order chi connectivity index (χ0) is 17.9. The van der Waals surface area contributed by atoms with Crippen molar-refractivity contribution in [1.29, 1.82) is 0 Å². The number of benzene rings is 1. The van der Waals surface area contributed by atoms with Crippen molar-refractivity contribution in [3.63, 3.8) is 0 Å². The summed E-state index contributed by atoms with van der Waals surface area (Å²) in [6.07, 6.45) is 0.421. The van der Waals surface area contributed by atoms with Gasteiger partial charge in [0.2, 0.25) is 5.91 Å². The Morgan fingerprint density at radius 3 is 2.75 bits per heavy atom. The second-order valence-corrected chi connectivity index (χ2v) is 7.79. The fraction of sp³-hybridized carbons (Fsp3) is 0.500. The van der Waals surface area contributed by atoms with Crippen LogP contribution in [0, 0.1) is 10.1 Å². The van der Waals surface area contributed by atoms with Gasteiger partial charge in [-0.3, -0.25) is 14.9 Å². The molecule has 1 fully saturated rings. The molecule has 132 valence electrons. The van der Waals surface area contributed by atoms with Crippen LogP contribution in [0.15, 0.2) is 18.2 Å². The summed E-state index contributed by atoms with van der Waals surface area (Å²) in [5, 5.41) is 13.7. The average Bonchev–Trinajstić information content (AvgIpc) is 2.91. The second-order valence-electron chi connectivity index (χ2n) is 5.56. The van der Waals surface area contributed by atoms with Gasteiger partial charge < -0.3 is 15.0 Å². The Balaban J connectivity index is 2.03. The normalized spacial score (nSPS) is 18.8. The van der Waals surface area contributed by atoms with Gasteiger partial charge in [0.05, 0.1) is 35.8 Å². The topological polar surface area (TPSA) is 119 Å². The molecule has 1 aliphatic heterocycles.